The van der Waals surface area contributed by atoms with Gasteiger partial charge in [-0.05, 0) is 85.5 Å². The molecule has 5 amide bonds. The Balaban J connectivity index is 0.831. The summed E-state index contributed by atoms with van der Waals surface area (Å²) in [6.45, 7) is 7.24. The first-order valence-corrected chi connectivity index (χ1v) is 21.7. The fraction of sp³-hybridized carbons (Fsp3) is 0.533. The van der Waals surface area contributed by atoms with E-state index in [0.717, 1.165) is 98.6 Å². The van der Waals surface area contributed by atoms with Crippen molar-refractivity contribution < 1.29 is 37.4 Å². The molecule has 3 aromatic rings. The van der Waals surface area contributed by atoms with Crippen LogP contribution in [0.15, 0.2) is 41.3 Å². The molecule has 1 aromatic heterocycles. The van der Waals surface area contributed by atoms with Gasteiger partial charge in [-0.2, -0.15) is 0 Å². The maximum Gasteiger partial charge on any atom is 0.317 e. The van der Waals surface area contributed by atoms with Crippen LogP contribution in [0.25, 0.3) is 11.1 Å². The summed E-state index contributed by atoms with van der Waals surface area (Å²) in [5, 5.41) is 4.61. The van der Waals surface area contributed by atoms with E-state index in [1.54, 1.807) is 32.4 Å². The van der Waals surface area contributed by atoms with Crippen molar-refractivity contribution >= 4 is 29.4 Å². The summed E-state index contributed by atoms with van der Waals surface area (Å²) in [5.74, 6) is 1.17. The fourth-order valence-corrected chi connectivity index (χ4v) is 9.77. The molecule has 62 heavy (non-hydrogen) atoms. The minimum Gasteiger partial charge on any atom is -0.496 e. The molecule has 0 spiro atoms. The summed E-state index contributed by atoms with van der Waals surface area (Å²) >= 11 is 0. The Morgan fingerprint density at radius 1 is 0.855 bits per heavy atom. The van der Waals surface area contributed by atoms with Crippen molar-refractivity contribution in [2.75, 3.05) is 78.0 Å². The average molecular weight is 859 g/mol. The molecule has 0 aliphatic carbocycles. The lowest BCUT2D eigenvalue weighted by Crippen LogP contribution is -2.52. The second kappa shape index (κ2) is 18.4. The third-order valence-corrected chi connectivity index (χ3v) is 13.4. The third kappa shape index (κ3) is 9.00. The number of alkyl halides is 2. The molecule has 5 aliphatic rings. The summed E-state index contributed by atoms with van der Waals surface area (Å²) in [7, 11) is 4.95. The smallest absolute Gasteiger partial charge is 0.317 e. The molecule has 0 radical (unpaired) electrons. The number of pyridine rings is 1. The third-order valence-electron chi connectivity index (χ3n) is 13.4. The normalized spacial score (nSPS) is 20.1. The van der Waals surface area contributed by atoms with Gasteiger partial charge in [-0.3, -0.25) is 29.4 Å². The molecule has 6 heterocycles. The van der Waals surface area contributed by atoms with E-state index < -0.39 is 31.0 Å². The van der Waals surface area contributed by atoms with Crippen molar-refractivity contribution in [3.8, 4) is 22.6 Å². The van der Waals surface area contributed by atoms with Gasteiger partial charge in [-0.1, -0.05) is 6.07 Å². The highest BCUT2D eigenvalue weighted by molar-refractivity contribution is 6.05. The van der Waals surface area contributed by atoms with Gasteiger partial charge in [0.15, 0.2) is 0 Å². The molecule has 0 bridgehead atoms. The number of fused-ring (bicyclic) bond motifs is 2. The van der Waals surface area contributed by atoms with Gasteiger partial charge < -0.3 is 39.0 Å². The maximum atomic E-state index is 13.4. The number of piperazine rings is 1. The van der Waals surface area contributed by atoms with Crippen molar-refractivity contribution in [1.82, 2.24) is 34.8 Å². The summed E-state index contributed by atoms with van der Waals surface area (Å²) in [4.78, 5) is 73.7. The second-order valence-corrected chi connectivity index (χ2v) is 17.1. The topological polar surface area (TPSA) is 149 Å². The number of nitrogens with one attached hydrogen (secondary N) is 2. The number of hydrogen-bond donors (Lipinski definition) is 2. The molecule has 3 saturated heterocycles. The number of aromatic nitrogens is 1. The number of urea groups is 1. The fourth-order valence-electron chi connectivity index (χ4n) is 9.77. The van der Waals surface area contributed by atoms with Gasteiger partial charge in [0.05, 0.1) is 32.9 Å². The Labute approximate surface area is 359 Å². The first kappa shape index (κ1) is 43.1. The van der Waals surface area contributed by atoms with Crippen molar-refractivity contribution in [3.63, 3.8) is 0 Å². The number of aryl methyl sites for hydroxylation is 1. The summed E-state index contributed by atoms with van der Waals surface area (Å²) < 4.78 is 38.9. The zero-order valence-electron chi connectivity index (χ0n) is 35.7. The Hall–Kier alpha value is -5.55. The number of carbonyl (C=O) groups excluding carboxylic acids is 4. The number of rotatable bonds is 12. The lowest BCUT2D eigenvalue weighted by Gasteiger charge is -2.37. The maximum absolute atomic E-state index is 13.4. The van der Waals surface area contributed by atoms with E-state index in [9.17, 15) is 32.8 Å². The van der Waals surface area contributed by atoms with Crippen LogP contribution in [0.3, 0.4) is 0 Å². The zero-order valence-corrected chi connectivity index (χ0v) is 35.7. The van der Waals surface area contributed by atoms with Crippen molar-refractivity contribution in [2.24, 2.45) is 13.0 Å². The van der Waals surface area contributed by atoms with Crippen LogP contribution < -0.4 is 30.6 Å². The molecule has 2 N–H and O–H groups in total. The predicted molar refractivity (Wildman–Crippen MR) is 227 cm³/mol. The highest BCUT2D eigenvalue weighted by Gasteiger charge is 2.39. The number of carbonyl (C=O) groups is 4. The Bertz CT molecular complexity index is 2250. The minimum atomic E-state index is -2.66. The van der Waals surface area contributed by atoms with Crippen LogP contribution in [0, 0.1) is 5.92 Å². The second-order valence-electron chi connectivity index (χ2n) is 17.1. The molecule has 3 fully saturated rings. The number of ether oxygens (including phenoxy) is 2. The van der Waals surface area contributed by atoms with E-state index in [4.69, 9.17) is 9.47 Å². The molecule has 332 valence electrons. The lowest BCUT2D eigenvalue weighted by molar-refractivity contribution is -0.136. The SMILES string of the molecule is COc1cc(-c2cn(C)c(=O)c3c2CCN(C(=O)NCC(F)F)C3)cc(OC)c1CN1CCN(CCC2CCN(c3ccc4c(c3)C(=O)N(C3CCC(=O)NC3=O)C4)CC2)CC1. The van der Waals surface area contributed by atoms with Crippen LogP contribution in [0.1, 0.15) is 64.7 Å². The predicted octanol–water partition coefficient (Wildman–Crippen LogP) is 3.59. The molecule has 8 rings (SSSR count). The van der Waals surface area contributed by atoms with E-state index in [1.165, 1.54) is 9.47 Å². The monoisotopic (exact) mass is 858 g/mol. The summed E-state index contributed by atoms with van der Waals surface area (Å²) in [6, 6.07) is 8.79. The minimum absolute atomic E-state index is 0.0273. The van der Waals surface area contributed by atoms with E-state index in [2.05, 4.69) is 31.4 Å². The van der Waals surface area contributed by atoms with Crippen molar-refractivity contribution in [3.05, 3.63) is 74.7 Å². The first-order valence-electron chi connectivity index (χ1n) is 21.7. The number of anilines is 1. The van der Waals surface area contributed by atoms with E-state index >= 15 is 0 Å². The zero-order chi connectivity index (χ0) is 43.7. The largest absolute Gasteiger partial charge is 0.496 e. The number of piperidine rings is 2. The highest BCUT2D eigenvalue weighted by atomic mass is 19.3. The number of hydrogen-bond acceptors (Lipinski definition) is 10. The Morgan fingerprint density at radius 3 is 2.24 bits per heavy atom. The lowest BCUT2D eigenvalue weighted by atomic mass is 9.91. The summed E-state index contributed by atoms with van der Waals surface area (Å²) in [6.07, 6.45) is 3.44. The van der Waals surface area contributed by atoms with Crippen LogP contribution in [0.2, 0.25) is 0 Å². The van der Waals surface area contributed by atoms with Gasteiger partial charge in [0.1, 0.15) is 17.5 Å². The van der Waals surface area contributed by atoms with Crippen LogP contribution in [-0.2, 0) is 42.7 Å². The van der Waals surface area contributed by atoms with Crippen LogP contribution in [0.4, 0.5) is 19.3 Å². The van der Waals surface area contributed by atoms with Crippen LogP contribution >= 0.6 is 0 Å². The Morgan fingerprint density at radius 2 is 1.56 bits per heavy atom. The standard InChI is InChI=1S/C45H56F2N8O7/c1-50-25-34(32-11-15-54(27-35(32)43(50)58)45(60)48-23-40(46)47)30-20-38(61-2)36(39(21-30)62-3)26-52-18-16-51(17-19-52)12-8-28-9-13-53(14-10-28)31-5-4-29-24-55(44(59)33(29)22-31)37-6-7-41(56)49-42(37)57/h4-5,20-22,25,28,37,40H,6-19,23-24,26-27H2,1-3H3,(H,48,60)(H,49,56,57). The highest BCUT2D eigenvalue weighted by Crippen LogP contribution is 2.39. The number of benzene rings is 2. The van der Waals surface area contributed by atoms with Crippen LogP contribution in [0.5, 0.6) is 11.5 Å². The van der Waals surface area contributed by atoms with Gasteiger partial charge >= 0.3 is 6.03 Å². The summed E-state index contributed by atoms with van der Waals surface area (Å²) in [5.41, 5.74) is 6.26. The first-order chi connectivity index (χ1) is 29.9. The van der Waals surface area contributed by atoms with Crippen LogP contribution in [-0.4, -0.2) is 134 Å². The van der Waals surface area contributed by atoms with Crippen molar-refractivity contribution in [2.45, 2.75) is 70.6 Å². The van der Waals surface area contributed by atoms with Gasteiger partial charge in [-0.25, -0.2) is 13.6 Å². The molecule has 5 aliphatic heterocycles. The van der Waals surface area contributed by atoms with E-state index in [1.807, 2.05) is 24.3 Å². The van der Waals surface area contributed by atoms with E-state index in [-0.39, 0.29) is 36.9 Å². The number of halogens is 2. The van der Waals surface area contributed by atoms with Gasteiger partial charge in [0.25, 0.3) is 17.9 Å². The number of nitrogens with zero attached hydrogens (tertiary/aromatic N) is 6. The quantitative estimate of drug-likeness (QED) is 0.259. The van der Waals surface area contributed by atoms with Gasteiger partial charge in [-0.15, -0.1) is 0 Å². The average Bonchev–Trinajstić information content (AvgIpc) is 3.61. The Kier molecular flexibility index (Phi) is 12.8. The molecule has 15 nitrogen and oxygen atoms in total. The van der Waals surface area contributed by atoms with Crippen molar-refractivity contribution in [1.29, 1.82) is 0 Å². The van der Waals surface area contributed by atoms with Gasteiger partial charge in [0, 0.05) is 101 Å². The molecule has 1 unspecified atom stereocenters. The molecule has 2 aromatic carbocycles. The van der Waals surface area contributed by atoms with Gasteiger partial charge in [0.2, 0.25) is 11.8 Å². The molecule has 1 atom stereocenters. The molecule has 0 saturated carbocycles. The number of amides is 5. The molecule has 17 heteroatoms. The number of imide groups is 1. The molecular weight excluding hydrogens is 803 g/mol. The number of methoxy groups -OCH3 is 2. The molecular formula is C45H56F2N8O7. The van der Waals surface area contributed by atoms with E-state index in [0.29, 0.717) is 54.5 Å².